The number of anilines is 1. The van der Waals surface area contributed by atoms with Gasteiger partial charge in [-0.25, -0.2) is 8.42 Å². The van der Waals surface area contributed by atoms with Crippen LogP contribution < -0.4 is 9.62 Å². The number of likely N-dealkylation sites (N-methyl/N-ethyl adjacent to an activating group) is 1. The Morgan fingerprint density at radius 3 is 2.14 bits per heavy atom. The van der Waals surface area contributed by atoms with E-state index in [1.54, 1.807) is 42.5 Å². The van der Waals surface area contributed by atoms with E-state index >= 15 is 0 Å². The number of sulfonamides is 1. The number of nitrogens with zero attached hydrogens (tertiary/aromatic N) is 2. The van der Waals surface area contributed by atoms with Crippen LogP contribution in [0.2, 0.25) is 0 Å². The van der Waals surface area contributed by atoms with E-state index < -0.39 is 28.5 Å². The van der Waals surface area contributed by atoms with Gasteiger partial charge in [-0.1, -0.05) is 49.4 Å². The van der Waals surface area contributed by atoms with E-state index in [1.165, 1.54) is 24.1 Å². The molecule has 0 fully saturated rings. The molecule has 3 rings (SSSR count). The Morgan fingerprint density at radius 2 is 1.56 bits per heavy atom. The van der Waals surface area contributed by atoms with Crippen molar-refractivity contribution in [2.24, 2.45) is 0 Å². The zero-order valence-electron chi connectivity index (χ0n) is 20.5. The predicted molar refractivity (Wildman–Crippen MR) is 150 cm³/mol. The fraction of sp³-hybridized carbons (Fsp3) is 0.259. The Balaban J connectivity index is 2.05. The van der Waals surface area contributed by atoms with E-state index in [4.69, 9.17) is 0 Å². The maximum Gasteiger partial charge on any atom is 0.264 e. The second kappa shape index (κ2) is 12.4. The van der Waals surface area contributed by atoms with Gasteiger partial charge in [0.2, 0.25) is 11.8 Å². The van der Waals surface area contributed by atoms with Gasteiger partial charge in [-0.2, -0.15) is 0 Å². The van der Waals surface area contributed by atoms with Crippen LogP contribution in [0.25, 0.3) is 0 Å². The van der Waals surface area contributed by atoms with Crippen molar-refractivity contribution in [1.82, 2.24) is 10.2 Å². The van der Waals surface area contributed by atoms with E-state index in [9.17, 15) is 18.0 Å². The van der Waals surface area contributed by atoms with Crippen molar-refractivity contribution < 1.29 is 18.0 Å². The average Bonchev–Trinajstić information content (AvgIpc) is 2.89. The number of benzene rings is 3. The zero-order valence-corrected chi connectivity index (χ0v) is 23.5. The molecule has 3 aromatic carbocycles. The van der Waals surface area contributed by atoms with Gasteiger partial charge in [0.15, 0.2) is 0 Å². The van der Waals surface area contributed by atoms with E-state index in [2.05, 4.69) is 27.9 Å². The van der Waals surface area contributed by atoms with Gasteiger partial charge < -0.3 is 10.2 Å². The molecule has 0 aliphatic rings. The van der Waals surface area contributed by atoms with Crippen LogP contribution in [0.3, 0.4) is 0 Å². The summed E-state index contributed by atoms with van der Waals surface area (Å²) in [6.07, 6.45) is 0.381. The van der Waals surface area contributed by atoms with Crippen LogP contribution >= 0.6 is 22.6 Å². The summed E-state index contributed by atoms with van der Waals surface area (Å²) in [6, 6.07) is 21.8. The Bertz CT molecular complexity index is 1300. The highest BCUT2D eigenvalue weighted by Crippen LogP contribution is 2.25. The second-order valence-corrected chi connectivity index (χ2v) is 11.4. The molecule has 0 saturated heterocycles. The van der Waals surface area contributed by atoms with Crippen LogP contribution in [0.5, 0.6) is 0 Å². The maximum absolute atomic E-state index is 13.8. The molecule has 0 bridgehead atoms. The lowest BCUT2D eigenvalue weighted by Crippen LogP contribution is -2.51. The lowest BCUT2D eigenvalue weighted by atomic mass is 10.1. The van der Waals surface area contributed by atoms with Gasteiger partial charge in [-0.15, -0.1) is 0 Å². The molecule has 0 heterocycles. The molecule has 2 amide bonds. The molecule has 0 radical (unpaired) electrons. The third-order valence-corrected chi connectivity index (χ3v) is 8.47. The molecular formula is C27H30IN3O4S. The van der Waals surface area contributed by atoms with Gasteiger partial charge in [-0.3, -0.25) is 13.9 Å². The van der Waals surface area contributed by atoms with E-state index in [1.807, 2.05) is 38.1 Å². The van der Waals surface area contributed by atoms with Crippen LogP contribution in [0.4, 0.5) is 5.69 Å². The first-order chi connectivity index (χ1) is 17.2. The first-order valence-corrected chi connectivity index (χ1v) is 14.1. The second-order valence-electron chi connectivity index (χ2n) is 8.29. The molecule has 7 nitrogen and oxygen atoms in total. The normalized spacial score (nSPS) is 12.0. The van der Waals surface area contributed by atoms with Gasteiger partial charge in [0.1, 0.15) is 12.6 Å². The Kier molecular flexibility index (Phi) is 9.49. The monoisotopic (exact) mass is 619 g/mol. The van der Waals surface area contributed by atoms with Gasteiger partial charge in [0, 0.05) is 17.2 Å². The molecule has 0 aliphatic heterocycles. The summed E-state index contributed by atoms with van der Waals surface area (Å²) >= 11 is 2.14. The van der Waals surface area contributed by atoms with Crippen molar-refractivity contribution in [3.8, 4) is 0 Å². The number of carbonyl (C=O) groups is 2. The molecule has 190 valence electrons. The molecule has 0 spiro atoms. The third-order valence-electron chi connectivity index (χ3n) is 5.96. The van der Waals surface area contributed by atoms with Crippen LogP contribution in [0.1, 0.15) is 24.5 Å². The minimum Gasteiger partial charge on any atom is -0.357 e. The smallest absolute Gasteiger partial charge is 0.264 e. The Morgan fingerprint density at radius 1 is 0.944 bits per heavy atom. The highest BCUT2D eigenvalue weighted by Gasteiger charge is 2.33. The molecule has 0 aromatic heterocycles. The van der Waals surface area contributed by atoms with Crippen LogP contribution in [-0.4, -0.2) is 44.8 Å². The molecule has 1 N–H and O–H groups in total. The third kappa shape index (κ3) is 6.44. The van der Waals surface area contributed by atoms with Gasteiger partial charge >= 0.3 is 0 Å². The van der Waals surface area contributed by atoms with E-state index in [-0.39, 0.29) is 17.3 Å². The number of aryl methyl sites for hydroxylation is 1. The van der Waals surface area contributed by atoms with Crippen molar-refractivity contribution in [2.45, 2.75) is 37.8 Å². The summed E-state index contributed by atoms with van der Waals surface area (Å²) in [5.74, 6) is -0.766. The number of hydrogen-bond donors (Lipinski definition) is 1. The number of carbonyl (C=O) groups excluding carboxylic acids is 2. The molecule has 0 aliphatic carbocycles. The number of nitrogens with one attached hydrogen (secondary N) is 1. The fourth-order valence-corrected chi connectivity index (χ4v) is 5.71. The SMILES string of the molecule is CC[C@@H](C(=O)NC)N(Cc1ccccc1C)C(=O)CN(c1ccc(I)cc1)S(=O)(=O)c1ccccc1. The van der Waals surface area contributed by atoms with Crippen molar-refractivity contribution >= 4 is 50.1 Å². The lowest BCUT2D eigenvalue weighted by Gasteiger charge is -2.33. The molecular weight excluding hydrogens is 589 g/mol. The van der Waals surface area contributed by atoms with Crippen LogP contribution in [0.15, 0.2) is 83.8 Å². The summed E-state index contributed by atoms with van der Waals surface area (Å²) in [5, 5.41) is 2.63. The van der Waals surface area contributed by atoms with Crippen molar-refractivity contribution in [3.63, 3.8) is 0 Å². The van der Waals surface area contributed by atoms with E-state index in [0.29, 0.717) is 12.1 Å². The number of halogens is 1. The number of amides is 2. The summed E-state index contributed by atoms with van der Waals surface area (Å²) < 4.78 is 29.4. The first-order valence-electron chi connectivity index (χ1n) is 11.6. The Labute approximate surface area is 226 Å². The summed E-state index contributed by atoms with van der Waals surface area (Å²) in [5.41, 5.74) is 2.24. The van der Waals surface area contributed by atoms with Gasteiger partial charge in [0.05, 0.1) is 10.6 Å². The van der Waals surface area contributed by atoms with Crippen molar-refractivity contribution in [2.75, 3.05) is 17.9 Å². The minimum absolute atomic E-state index is 0.0835. The van der Waals surface area contributed by atoms with Crippen molar-refractivity contribution in [3.05, 3.63) is 93.6 Å². The quantitative estimate of drug-likeness (QED) is 0.342. The topological polar surface area (TPSA) is 86.8 Å². The van der Waals surface area contributed by atoms with Gasteiger partial charge in [-0.05, 0) is 83.5 Å². The molecule has 36 heavy (non-hydrogen) atoms. The molecule has 1 atom stereocenters. The number of rotatable bonds is 10. The summed E-state index contributed by atoms with van der Waals surface area (Å²) in [4.78, 5) is 28.1. The summed E-state index contributed by atoms with van der Waals surface area (Å²) in [6.45, 7) is 3.51. The first kappa shape index (κ1) is 27.7. The highest BCUT2D eigenvalue weighted by molar-refractivity contribution is 14.1. The summed E-state index contributed by atoms with van der Waals surface area (Å²) in [7, 11) is -2.53. The lowest BCUT2D eigenvalue weighted by molar-refractivity contribution is -0.140. The molecule has 0 unspecified atom stereocenters. The molecule has 0 saturated carbocycles. The highest BCUT2D eigenvalue weighted by atomic mass is 127. The molecule has 3 aromatic rings. The Hall–Kier alpha value is -2.92. The molecule has 9 heteroatoms. The van der Waals surface area contributed by atoms with Gasteiger partial charge in [0.25, 0.3) is 10.0 Å². The largest absolute Gasteiger partial charge is 0.357 e. The van der Waals surface area contributed by atoms with Crippen LogP contribution in [-0.2, 0) is 26.2 Å². The van der Waals surface area contributed by atoms with E-state index in [0.717, 1.165) is 19.0 Å². The zero-order chi connectivity index (χ0) is 26.3. The van der Waals surface area contributed by atoms with Crippen LogP contribution in [0, 0.1) is 10.5 Å². The fourth-order valence-electron chi connectivity index (χ4n) is 3.91. The predicted octanol–water partition coefficient (Wildman–Crippen LogP) is 4.35. The maximum atomic E-state index is 13.8. The average molecular weight is 620 g/mol. The minimum atomic E-state index is -4.05. The van der Waals surface area contributed by atoms with Crippen molar-refractivity contribution in [1.29, 1.82) is 0 Å². The standard InChI is InChI=1S/C27H30IN3O4S/c1-4-25(27(33)29-3)30(18-21-11-9-8-10-20(21)2)26(32)19-31(23-16-14-22(28)15-17-23)36(34,35)24-12-6-5-7-13-24/h5-17,25H,4,18-19H2,1-3H3,(H,29,33)/t25-/m0/s1. The number of hydrogen-bond acceptors (Lipinski definition) is 4.